The lowest BCUT2D eigenvalue weighted by Crippen LogP contribution is -2.64. The third kappa shape index (κ3) is 5.50. The first-order valence-corrected chi connectivity index (χ1v) is 16.6. The Labute approximate surface area is 239 Å². The molecule has 1 aromatic heterocycles. The highest BCUT2D eigenvalue weighted by Crippen LogP contribution is 2.65. The Kier molecular flexibility index (Phi) is 8.53. The number of ether oxygens (including phenoxy) is 2. The van der Waals surface area contributed by atoms with E-state index in [1.54, 1.807) is 0 Å². The van der Waals surface area contributed by atoms with Crippen LogP contribution in [0.15, 0.2) is 21.9 Å². The van der Waals surface area contributed by atoms with Crippen molar-refractivity contribution in [3.8, 4) is 0 Å². The number of fused-ring (bicyclic) bond motifs is 1. The van der Waals surface area contributed by atoms with E-state index in [-0.39, 0.29) is 0 Å². The molecule has 4 fully saturated rings. The van der Waals surface area contributed by atoms with Gasteiger partial charge < -0.3 is 49.3 Å². The van der Waals surface area contributed by atoms with Gasteiger partial charge in [-0.3, -0.25) is 18.9 Å². The van der Waals surface area contributed by atoms with Gasteiger partial charge in [0.25, 0.3) is 5.56 Å². The number of halogens is 2. The maximum absolute atomic E-state index is 16.1. The van der Waals surface area contributed by atoms with Crippen molar-refractivity contribution >= 4 is 26.3 Å². The van der Waals surface area contributed by atoms with Gasteiger partial charge in [0.1, 0.15) is 18.4 Å². The summed E-state index contributed by atoms with van der Waals surface area (Å²) in [6.45, 7) is -6.80. The molecule has 17 nitrogen and oxygen atoms in total. The second-order valence-corrected chi connectivity index (χ2v) is 14.9. The number of aliphatic hydroxyl groups is 5. The lowest BCUT2D eigenvalue weighted by atomic mass is 9.87. The van der Waals surface area contributed by atoms with E-state index in [4.69, 9.17) is 35.4 Å². The molecular formula is C20H28F2N2O15P2S. The van der Waals surface area contributed by atoms with E-state index in [1.807, 2.05) is 4.98 Å². The fourth-order valence-electron chi connectivity index (χ4n) is 5.75. The number of phosphoric acid groups is 1. The average Bonchev–Trinajstić information content (AvgIpc) is 3.67. The molecule has 3 heterocycles. The van der Waals surface area contributed by atoms with Crippen molar-refractivity contribution in [2.24, 2.45) is 17.8 Å². The molecule has 2 saturated heterocycles. The van der Waals surface area contributed by atoms with Gasteiger partial charge in [0, 0.05) is 18.2 Å². The van der Waals surface area contributed by atoms with E-state index in [0.717, 1.165) is 16.8 Å². The van der Waals surface area contributed by atoms with E-state index in [9.17, 15) is 48.8 Å². The molecule has 2 aliphatic carbocycles. The zero-order valence-electron chi connectivity index (χ0n) is 21.2. The fourth-order valence-corrected chi connectivity index (χ4v) is 8.85. The molecule has 4 aliphatic rings. The Bertz CT molecular complexity index is 1420. The number of nitrogens with one attached hydrogen (secondary N) is 1. The topological polar surface area (TPSA) is 260 Å². The SMILES string of the molecule is O=c1ccn([C@@H]2O[C@H](COP(O)(=S)OP(=O)(O)OC3OC4(O)C3C(O)C(O)C4[C@@H](F)CO)[C@@H](O)[C@]2(F)C2CC2)c(=O)[nH]1. The zero-order valence-corrected chi connectivity index (χ0v) is 23.8. The Morgan fingerprint density at radius 1 is 1.24 bits per heavy atom. The first-order valence-electron chi connectivity index (χ1n) is 12.5. The summed E-state index contributed by atoms with van der Waals surface area (Å²) in [6, 6.07) is 0.940. The van der Waals surface area contributed by atoms with Gasteiger partial charge >= 0.3 is 20.2 Å². The summed E-state index contributed by atoms with van der Waals surface area (Å²) in [6.07, 6.45) is -11.7. The van der Waals surface area contributed by atoms with Crippen LogP contribution >= 0.6 is 14.5 Å². The van der Waals surface area contributed by atoms with E-state index in [0.29, 0.717) is 12.8 Å². The molecule has 238 valence electrons. The largest absolute Gasteiger partial charge is 0.481 e. The van der Waals surface area contributed by atoms with Crippen LogP contribution in [0.5, 0.6) is 0 Å². The van der Waals surface area contributed by atoms with Gasteiger partial charge in [0.15, 0.2) is 24.0 Å². The van der Waals surface area contributed by atoms with Crippen molar-refractivity contribution < 1.29 is 71.5 Å². The Morgan fingerprint density at radius 3 is 2.50 bits per heavy atom. The maximum atomic E-state index is 16.1. The lowest BCUT2D eigenvalue weighted by molar-refractivity contribution is -0.426. The van der Waals surface area contributed by atoms with Crippen LogP contribution in [0.4, 0.5) is 8.78 Å². The van der Waals surface area contributed by atoms with Gasteiger partial charge in [-0.1, -0.05) is 0 Å². The maximum Gasteiger partial charge on any atom is 0.481 e. The van der Waals surface area contributed by atoms with Gasteiger partial charge in [-0.2, -0.15) is 0 Å². The molecule has 13 atom stereocenters. The number of aliphatic hydroxyl groups excluding tert-OH is 4. The number of hydrogen-bond donors (Lipinski definition) is 8. The molecule has 0 bridgehead atoms. The molecule has 0 aromatic carbocycles. The van der Waals surface area contributed by atoms with E-state index < -0.39 is 111 Å². The molecule has 5 rings (SSSR count). The minimum Gasteiger partial charge on any atom is -0.393 e. The zero-order chi connectivity index (χ0) is 31.0. The van der Waals surface area contributed by atoms with E-state index >= 15 is 4.39 Å². The first kappa shape index (κ1) is 32.3. The quantitative estimate of drug-likeness (QED) is 0.115. The monoisotopic (exact) mass is 668 g/mol. The van der Waals surface area contributed by atoms with Crippen LogP contribution < -0.4 is 11.2 Å². The van der Waals surface area contributed by atoms with Crippen molar-refractivity contribution in [1.82, 2.24) is 9.55 Å². The van der Waals surface area contributed by atoms with Crippen LogP contribution in [-0.4, -0.2) is 106 Å². The summed E-state index contributed by atoms with van der Waals surface area (Å²) in [5.41, 5.74) is -4.30. The fraction of sp³-hybridized carbons (Fsp3) is 0.800. The molecule has 0 amide bonds. The molecule has 8 unspecified atom stereocenters. The number of aromatic nitrogens is 2. The number of H-pyrrole nitrogens is 1. The number of rotatable bonds is 11. The van der Waals surface area contributed by atoms with Crippen molar-refractivity contribution in [2.45, 2.75) is 67.4 Å². The van der Waals surface area contributed by atoms with Crippen molar-refractivity contribution in [3.63, 3.8) is 0 Å². The number of nitrogens with zero attached hydrogens (tertiary/aromatic N) is 1. The molecule has 22 heteroatoms. The Hall–Kier alpha value is -1.06. The Morgan fingerprint density at radius 2 is 1.90 bits per heavy atom. The van der Waals surface area contributed by atoms with Crippen molar-refractivity contribution in [2.75, 3.05) is 13.2 Å². The van der Waals surface area contributed by atoms with Crippen LogP contribution in [0.2, 0.25) is 0 Å². The lowest BCUT2D eigenvalue weighted by Gasteiger charge is -2.49. The molecule has 1 aromatic rings. The summed E-state index contributed by atoms with van der Waals surface area (Å²) in [4.78, 5) is 46.1. The van der Waals surface area contributed by atoms with Gasteiger partial charge in [0.05, 0.1) is 37.3 Å². The van der Waals surface area contributed by atoms with Gasteiger partial charge in [-0.25, -0.2) is 22.5 Å². The molecule has 8 N–H and O–H groups in total. The summed E-state index contributed by atoms with van der Waals surface area (Å²) >= 11 is 4.70. The molecule has 2 aliphatic heterocycles. The third-order valence-corrected chi connectivity index (χ3v) is 11.4. The van der Waals surface area contributed by atoms with E-state index in [2.05, 4.69) is 4.31 Å². The number of aromatic amines is 1. The van der Waals surface area contributed by atoms with Crippen LogP contribution in [0.1, 0.15) is 19.1 Å². The van der Waals surface area contributed by atoms with Crippen LogP contribution in [0.25, 0.3) is 0 Å². The van der Waals surface area contributed by atoms with Crippen molar-refractivity contribution in [1.29, 1.82) is 0 Å². The predicted molar refractivity (Wildman–Crippen MR) is 133 cm³/mol. The van der Waals surface area contributed by atoms with E-state index in [1.165, 1.54) is 0 Å². The highest BCUT2D eigenvalue weighted by molar-refractivity contribution is 8.08. The number of alkyl halides is 2. The highest BCUT2D eigenvalue weighted by atomic mass is 32.5. The standard InChI is InChI=1S/C20H28F2N2O15P2S/c21-8(5-25)11-13(27)14(28)12-16(37-20(11,12)31)38-40(32,33)39-41(34,42)35-6-9-15(29)19(22,7-1-2-7)17(36-9)24-4-3-10(26)23-18(24)30/h3-4,7-9,11-17,25,27-29,31H,1-2,5-6H2,(H,32,33)(H,34,42)(H,23,26,30)/t8-,9+,11?,12?,13?,14?,15+,16?,17+,19+,20?,41?/m0/s1. The summed E-state index contributed by atoms with van der Waals surface area (Å²) < 4.78 is 68.1. The van der Waals surface area contributed by atoms with Crippen LogP contribution in [-0.2, 0) is 39.2 Å². The van der Waals surface area contributed by atoms with Gasteiger partial charge in [-0.15, -0.1) is 0 Å². The Balaban J connectivity index is 1.23. The smallest absolute Gasteiger partial charge is 0.393 e. The molecule has 2 saturated carbocycles. The minimum atomic E-state index is -5.45. The molecule has 42 heavy (non-hydrogen) atoms. The van der Waals surface area contributed by atoms with Gasteiger partial charge in [-0.05, 0) is 24.6 Å². The minimum absolute atomic E-state index is 0.350. The third-order valence-electron chi connectivity index (χ3n) is 7.84. The summed E-state index contributed by atoms with van der Waals surface area (Å²) in [5, 5.41) is 50.6. The summed E-state index contributed by atoms with van der Waals surface area (Å²) in [7, 11) is -5.45. The predicted octanol–water partition coefficient (Wildman–Crippen LogP) is -2.38. The first-order chi connectivity index (χ1) is 19.4. The van der Waals surface area contributed by atoms with Crippen LogP contribution in [0, 0.1) is 17.8 Å². The second kappa shape index (κ2) is 11.1. The highest BCUT2D eigenvalue weighted by Gasteiger charge is 2.74. The van der Waals surface area contributed by atoms with Crippen LogP contribution in [0.3, 0.4) is 0 Å². The second-order valence-electron chi connectivity index (χ2n) is 10.5. The average molecular weight is 668 g/mol. The molecular weight excluding hydrogens is 640 g/mol. The number of phosphoric ester groups is 1. The molecule has 0 spiro atoms. The van der Waals surface area contributed by atoms with Crippen molar-refractivity contribution in [3.05, 3.63) is 33.1 Å². The molecule has 0 radical (unpaired) electrons. The van der Waals surface area contributed by atoms with Gasteiger partial charge in [0.2, 0.25) is 0 Å². The number of hydrogen-bond acceptors (Lipinski definition) is 14. The normalized spacial score (nSPS) is 43.3. The summed E-state index contributed by atoms with van der Waals surface area (Å²) in [5.74, 6) is -6.82.